The van der Waals surface area contributed by atoms with Crippen LogP contribution in [0.25, 0.3) is 0 Å². The Labute approximate surface area is 277 Å². The van der Waals surface area contributed by atoms with Crippen molar-refractivity contribution >= 4 is 11.9 Å². The Morgan fingerprint density at radius 3 is 1.85 bits per heavy atom. The van der Waals surface area contributed by atoms with Crippen LogP contribution in [0.1, 0.15) is 43.5 Å². The van der Waals surface area contributed by atoms with E-state index >= 15 is 0 Å². The van der Waals surface area contributed by atoms with Crippen molar-refractivity contribution in [3.8, 4) is 34.5 Å². The third-order valence-electron chi connectivity index (χ3n) is 8.51. The molecule has 10 nitrogen and oxygen atoms in total. The first-order valence-electron chi connectivity index (χ1n) is 15.6. The first-order chi connectivity index (χ1) is 22.6. The standard InChI is InChI=1S/C37H46N2O8/c1-10-14-25-17-31(44-7)35(32(18-25)45-8)47-33(21-26-19-29(42-5)34(46-9)30(20-26)43-6)36(40)39-28(23(2)3)22-38(37(39)41)24(4)27-15-12-11-13-16-27/h10-13,15-20,23-24,28,33H,1,14,21-22H2,2-9H3/t24-,28-,33-/m1/s1. The van der Waals surface area contributed by atoms with Gasteiger partial charge in [-0.2, -0.15) is 0 Å². The van der Waals surface area contributed by atoms with Gasteiger partial charge in [0.2, 0.25) is 11.5 Å². The molecule has 0 aromatic heterocycles. The lowest BCUT2D eigenvalue weighted by molar-refractivity contribution is -0.137. The molecular weight excluding hydrogens is 600 g/mol. The summed E-state index contributed by atoms with van der Waals surface area (Å²) in [6.45, 7) is 10.2. The molecule has 3 aromatic carbocycles. The van der Waals surface area contributed by atoms with E-state index in [-0.39, 0.29) is 36.2 Å². The molecule has 3 atom stereocenters. The van der Waals surface area contributed by atoms with Crippen LogP contribution in [0.2, 0.25) is 0 Å². The molecule has 0 aliphatic carbocycles. The van der Waals surface area contributed by atoms with E-state index in [2.05, 4.69) is 6.58 Å². The molecule has 0 radical (unpaired) electrons. The highest BCUT2D eigenvalue weighted by molar-refractivity contribution is 5.99. The van der Waals surface area contributed by atoms with Gasteiger partial charge in [0.1, 0.15) is 0 Å². The maximum atomic E-state index is 14.8. The predicted molar refractivity (Wildman–Crippen MR) is 180 cm³/mol. The number of methoxy groups -OCH3 is 5. The number of hydrogen-bond acceptors (Lipinski definition) is 8. The highest BCUT2D eigenvalue weighted by Crippen LogP contribution is 2.42. The number of rotatable bonds is 15. The van der Waals surface area contributed by atoms with Gasteiger partial charge in [0.05, 0.1) is 47.6 Å². The number of nitrogens with zero attached hydrogens (tertiary/aromatic N) is 2. The summed E-state index contributed by atoms with van der Waals surface area (Å²) in [5.74, 6) is 1.80. The van der Waals surface area contributed by atoms with Crippen LogP contribution in [0, 0.1) is 5.92 Å². The van der Waals surface area contributed by atoms with Gasteiger partial charge in [-0.25, -0.2) is 4.79 Å². The summed E-state index contributed by atoms with van der Waals surface area (Å²) in [7, 11) is 7.63. The van der Waals surface area contributed by atoms with E-state index in [0.717, 1.165) is 11.1 Å². The van der Waals surface area contributed by atoms with Crippen molar-refractivity contribution in [2.45, 2.75) is 51.8 Å². The van der Waals surface area contributed by atoms with Gasteiger partial charge in [-0.15, -0.1) is 6.58 Å². The molecule has 0 bridgehead atoms. The van der Waals surface area contributed by atoms with Crippen LogP contribution >= 0.6 is 0 Å². The number of hydrogen-bond donors (Lipinski definition) is 0. The van der Waals surface area contributed by atoms with E-state index in [9.17, 15) is 9.59 Å². The Bertz CT molecular complexity index is 1510. The van der Waals surface area contributed by atoms with E-state index in [1.807, 2.05) is 63.2 Å². The molecule has 1 fully saturated rings. The second kappa shape index (κ2) is 15.6. The average Bonchev–Trinajstić information content (AvgIpc) is 3.44. The number of allylic oxidation sites excluding steroid dienone is 1. The summed E-state index contributed by atoms with van der Waals surface area (Å²) in [6, 6.07) is 16.0. The number of ether oxygens (including phenoxy) is 6. The van der Waals surface area contributed by atoms with E-state index < -0.39 is 12.0 Å². The van der Waals surface area contributed by atoms with Gasteiger partial charge in [-0.3, -0.25) is 9.69 Å². The average molecular weight is 647 g/mol. The number of amides is 3. The highest BCUT2D eigenvalue weighted by atomic mass is 16.5. The largest absolute Gasteiger partial charge is 0.493 e. The van der Waals surface area contributed by atoms with Gasteiger partial charge >= 0.3 is 6.03 Å². The van der Waals surface area contributed by atoms with Crippen molar-refractivity contribution in [1.82, 2.24) is 9.80 Å². The fraction of sp³-hybridized carbons (Fsp3) is 0.405. The molecule has 252 valence electrons. The first kappa shape index (κ1) is 35.0. The fourth-order valence-electron chi connectivity index (χ4n) is 5.92. The lowest BCUT2D eigenvalue weighted by Gasteiger charge is -2.29. The van der Waals surface area contributed by atoms with Crippen molar-refractivity contribution in [2.75, 3.05) is 42.1 Å². The second-order valence-corrected chi connectivity index (χ2v) is 11.7. The van der Waals surface area contributed by atoms with E-state index in [0.29, 0.717) is 47.3 Å². The monoisotopic (exact) mass is 646 g/mol. The molecule has 1 heterocycles. The van der Waals surface area contributed by atoms with E-state index in [1.165, 1.54) is 40.4 Å². The molecule has 0 saturated carbocycles. The van der Waals surface area contributed by atoms with Gasteiger partial charge in [-0.1, -0.05) is 50.3 Å². The number of urea groups is 1. The van der Waals surface area contributed by atoms with Crippen LogP contribution in [0.5, 0.6) is 34.5 Å². The minimum absolute atomic E-state index is 0.0139. The lowest BCUT2D eigenvalue weighted by atomic mass is 10.0. The fourth-order valence-corrected chi connectivity index (χ4v) is 5.92. The quantitative estimate of drug-likeness (QED) is 0.173. The van der Waals surface area contributed by atoms with Crippen molar-refractivity contribution in [3.05, 3.63) is 83.9 Å². The molecule has 4 rings (SSSR count). The molecule has 0 spiro atoms. The maximum Gasteiger partial charge on any atom is 0.327 e. The summed E-state index contributed by atoms with van der Waals surface area (Å²) < 4.78 is 34.7. The molecule has 3 aromatic rings. The van der Waals surface area contributed by atoms with Crippen LogP contribution in [0.15, 0.2) is 67.3 Å². The topological polar surface area (TPSA) is 96.0 Å². The maximum absolute atomic E-state index is 14.8. The molecule has 1 aliphatic rings. The van der Waals surface area contributed by atoms with Crippen molar-refractivity contribution in [3.63, 3.8) is 0 Å². The molecule has 0 unspecified atom stereocenters. The molecule has 0 N–H and O–H groups in total. The number of imide groups is 1. The summed E-state index contributed by atoms with van der Waals surface area (Å²) >= 11 is 0. The van der Waals surface area contributed by atoms with Crippen molar-refractivity contribution in [1.29, 1.82) is 0 Å². The highest BCUT2D eigenvalue weighted by Gasteiger charge is 2.47. The normalized spacial score (nSPS) is 15.7. The zero-order valence-electron chi connectivity index (χ0n) is 28.6. The zero-order valence-corrected chi connectivity index (χ0v) is 28.6. The van der Waals surface area contributed by atoms with E-state index in [4.69, 9.17) is 28.4 Å². The molecular formula is C37H46N2O8. The van der Waals surface area contributed by atoms with Gasteiger partial charge < -0.3 is 33.3 Å². The van der Waals surface area contributed by atoms with Gasteiger partial charge in [0, 0.05) is 13.0 Å². The summed E-state index contributed by atoms with van der Waals surface area (Å²) in [5.41, 5.74) is 2.55. The van der Waals surface area contributed by atoms with Gasteiger partial charge in [0.15, 0.2) is 29.1 Å². The number of benzene rings is 3. The molecule has 1 saturated heterocycles. The Morgan fingerprint density at radius 2 is 1.36 bits per heavy atom. The first-order valence-corrected chi connectivity index (χ1v) is 15.6. The predicted octanol–water partition coefficient (Wildman–Crippen LogP) is 6.50. The molecule has 3 amide bonds. The SMILES string of the molecule is C=CCc1cc(OC)c(O[C@H](Cc2cc(OC)c(OC)c(OC)c2)C(=O)N2C(=O)N([C@H](C)c3ccccc3)C[C@@H]2C(C)C)c(OC)c1. The summed E-state index contributed by atoms with van der Waals surface area (Å²) in [5, 5.41) is 0. The van der Waals surface area contributed by atoms with Crippen molar-refractivity contribution in [2.24, 2.45) is 5.92 Å². The smallest absolute Gasteiger partial charge is 0.327 e. The Hall–Kier alpha value is -4.86. The third-order valence-corrected chi connectivity index (χ3v) is 8.51. The second-order valence-electron chi connectivity index (χ2n) is 11.7. The van der Waals surface area contributed by atoms with E-state index in [1.54, 1.807) is 23.1 Å². The summed E-state index contributed by atoms with van der Waals surface area (Å²) in [4.78, 5) is 32.1. The number of carbonyl (C=O) groups excluding carboxylic acids is 2. The number of carbonyl (C=O) groups is 2. The third kappa shape index (κ3) is 7.42. The van der Waals surface area contributed by atoms with Gasteiger partial charge in [0.25, 0.3) is 5.91 Å². The van der Waals surface area contributed by atoms with Crippen LogP contribution < -0.4 is 28.4 Å². The molecule has 47 heavy (non-hydrogen) atoms. The van der Waals surface area contributed by atoms with Crippen LogP contribution in [0.3, 0.4) is 0 Å². The zero-order chi connectivity index (χ0) is 34.2. The van der Waals surface area contributed by atoms with Crippen LogP contribution in [-0.4, -0.2) is 76.0 Å². The minimum atomic E-state index is -1.16. The summed E-state index contributed by atoms with van der Waals surface area (Å²) in [6.07, 6.45) is 1.26. The Balaban J connectivity index is 1.81. The Morgan fingerprint density at radius 1 is 0.830 bits per heavy atom. The van der Waals surface area contributed by atoms with Gasteiger partial charge in [-0.05, 0) is 60.2 Å². The van der Waals surface area contributed by atoms with Crippen molar-refractivity contribution < 1.29 is 38.0 Å². The molecule has 1 aliphatic heterocycles. The molecule has 10 heteroatoms. The van der Waals surface area contributed by atoms with Crippen LogP contribution in [-0.2, 0) is 17.6 Å². The van der Waals surface area contributed by atoms with Crippen LogP contribution in [0.4, 0.5) is 4.79 Å². The minimum Gasteiger partial charge on any atom is -0.493 e. The Kier molecular flexibility index (Phi) is 11.6. The lowest BCUT2D eigenvalue weighted by Crippen LogP contribution is -2.49.